The van der Waals surface area contributed by atoms with E-state index in [9.17, 15) is 14.4 Å². The lowest BCUT2D eigenvalue weighted by Gasteiger charge is -2.30. The standard InChI is InChI=1S/C12H20N2O6/c1-19-11(17)9-2-5-14(6-3-9)12(18)13-4-7-20-8-10(15)16/h9H,2-8H2,1H3,(H,13,18)(H,15,16). The zero-order chi connectivity index (χ0) is 15.0. The maximum absolute atomic E-state index is 11.8. The smallest absolute Gasteiger partial charge is 0.329 e. The second kappa shape index (κ2) is 8.36. The Balaban J connectivity index is 2.16. The van der Waals surface area contributed by atoms with Crippen LogP contribution in [0, 0.1) is 5.92 Å². The second-order valence-corrected chi connectivity index (χ2v) is 4.46. The number of carboxylic acids is 1. The molecule has 1 aliphatic rings. The summed E-state index contributed by atoms with van der Waals surface area (Å²) in [5.41, 5.74) is 0. The van der Waals surface area contributed by atoms with Crippen LogP contribution in [0.1, 0.15) is 12.8 Å². The van der Waals surface area contributed by atoms with Gasteiger partial charge in [-0.15, -0.1) is 0 Å². The number of nitrogens with one attached hydrogen (secondary N) is 1. The predicted octanol–water partition coefficient (Wildman–Crippen LogP) is -0.318. The molecule has 0 aliphatic carbocycles. The minimum Gasteiger partial charge on any atom is -0.480 e. The summed E-state index contributed by atoms with van der Waals surface area (Å²) < 4.78 is 9.48. The van der Waals surface area contributed by atoms with Gasteiger partial charge in [0.25, 0.3) is 0 Å². The summed E-state index contributed by atoms with van der Waals surface area (Å²) in [5.74, 6) is -1.41. The van der Waals surface area contributed by atoms with E-state index in [0.29, 0.717) is 25.9 Å². The van der Waals surface area contributed by atoms with E-state index in [1.165, 1.54) is 7.11 Å². The molecule has 0 aromatic heterocycles. The van der Waals surface area contributed by atoms with Crippen molar-refractivity contribution in [3.63, 3.8) is 0 Å². The second-order valence-electron chi connectivity index (χ2n) is 4.46. The van der Waals surface area contributed by atoms with Crippen LogP contribution in [0.3, 0.4) is 0 Å². The van der Waals surface area contributed by atoms with Crippen LogP contribution in [0.5, 0.6) is 0 Å². The Labute approximate surface area is 117 Å². The fourth-order valence-corrected chi connectivity index (χ4v) is 1.99. The highest BCUT2D eigenvalue weighted by Crippen LogP contribution is 2.18. The van der Waals surface area contributed by atoms with E-state index >= 15 is 0 Å². The first-order chi connectivity index (χ1) is 9.54. The SMILES string of the molecule is COC(=O)C1CCN(C(=O)NCCOCC(=O)O)CC1. The van der Waals surface area contributed by atoms with Gasteiger partial charge >= 0.3 is 18.0 Å². The molecule has 1 saturated heterocycles. The van der Waals surface area contributed by atoms with E-state index < -0.39 is 5.97 Å². The molecule has 0 atom stereocenters. The van der Waals surface area contributed by atoms with Gasteiger partial charge in [0.05, 0.1) is 19.6 Å². The molecule has 2 amide bonds. The quantitative estimate of drug-likeness (QED) is 0.513. The Bertz CT molecular complexity index is 352. The summed E-state index contributed by atoms with van der Waals surface area (Å²) >= 11 is 0. The third-order valence-corrected chi connectivity index (χ3v) is 3.06. The van der Waals surface area contributed by atoms with Crippen molar-refractivity contribution in [2.24, 2.45) is 5.92 Å². The molecule has 2 N–H and O–H groups in total. The van der Waals surface area contributed by atoms with Crippen molar-refractivity contribution in [1.82, 2.24) is 10.2 Å². The monoisotopic (exact) mass is 288 g/mol. The number of carbonyl (C=O) groups is 3. The molecule has 0 saturated carbocycles. The van der Waals surface area contributed by atoms with Gasteiger partial charge in [0.1, 0.15) is 6.61 Å². The molecule has 0 aromatic carbocycles. The average molecular weight is 288 g/mol. The molecule has 1 fully saturated rings. The van der Waals surface area contributed by atoms with Crippen LogP contribution >= 0.6 is 0 Å². The molecular weight excluding hydrogens is 268 g/mol. The van der Waals surface area contributed by atoms with E-state index in [0.717, 1.165) is 0 Å². The Morgan fingerprint density at radius 2 is 1.95 bits per heavy atom. The van der Waals surface area contributed by atoms with E-state index in [-0.39, 0.29) is 37.7 Å². The van der Waals surface area contributed by atoms with Crippen LogP contribution in [0.4, 0.5) is 4.79 Å². The molecule has 1 aliphatic heterocycles. The number of amides is 2. The molecule has 0 radical (unpaired) electrons. The van der Waals surface area contributed by atoms with Crippen LogP contribution in [-0.2, 0) is 19.1 Å². The number of esters is 1. The van der Waals surface area contributed by atoms with Crippen LogP contribution in [0.25, 0.3) is 0 Å². The molecular formula is C12H20N2O6. The highest BCUT2D eigenvalue weighted by molar-refractivity contribution is 5.76. The van der Waals surface area contributed by atoms with Crippen LogP contribution in [-0.4, -0.2) is 67.9 Å². The van der Waals surface area contributed by atoms with Crippen molar-refractivity contribution < 1.29 is 29.0 Å². The Hall–Kier alpha value is -1.83. The number of carboxylic acid groups (broad SMARTS) is 1. The van der Waals surface area contributed by atoms with Gasteiger partial charge in [-0.3, -0.25) is 4.79 Å². The van der Waals surface area contributed by atoms with Crippen molar-refractivity contribution in [1.29, 1.82) is 0 Å². The minimum absolute atomic E-state index is 0.136. The maximum Gasteiger partial charge on any atom is 0.329 e. The van der Waals surface area contributed by atoms with Gasteiger partial charge in [0, 0.05) is 19.6 Å². The lowest BCUT2D eigenvalue weighted by Crippen LogP contribution is -2.46. The first-order valence-electron chi connectivity index (χ1n) is 6.44. The highest BCUT2D eigenvalue weighted by Gasteiger charge is 2.27. The van der Waals surface area contributed by atoms with Gasteiger partial charge in [-0.1, -0.05) is 0 Å². The number of urea groups is 1. The summed E-state index contributed by atoms with van der Waals surface area (Å²) in [7, 11) is 1.36. The number of hydrogen-bond acceptors (Lipinski definition) is 5. The van der Waals surface area contributed by atoms with Crippen molar-refractivity contribution in [3.8, 4) is 0 Å². The van der Waals surface area contributed by atoms with Gasteiger partial charge < -0.3 is 24.8 Å². The lowest BCUT2D eigenvalue weighted by molar-refractivity contribution is -0.147. The first kappa shape index (κ1) is 16.2. The molecule has 0 unspecified atom stereocenters. The van der Waals surface area contributed by atoms with Crippen molar-refractivity contribution in [2.45, 2.75) is 12.8 Å². The van der Waals surface area contributed by atoms with E-state index in [4.69, 9.17) is 9.84 Å². The normalized spacial score (nSPS) is 15.8. The van der Waals surface area contributed by atoms with Crippen molar-refractivity contribution in [3.05, 3.63) is 0 Å². The zero-order valence-corrected chi connectivity index (χ0v) is 11.5. The van der Waals surface area contributed by atoms with Gasteiger partial charge in [0.15, 0.2) is 0 Å². The molecule has 0 spiro atoms. The van der Waals surface area contributed by atoms with Gasteiger partial charge in [-0.05, 0) is 12.8 Å². The largest absolute Gasteiger partial charge is 0.480 e. The zero-order valence-electron chi connectivity index (χ0n) is 11.5. The summed E-state index contributed by atoms with van der Waals surface area (Å²) in [6.45, 7) is 1.03. The summed E-state index contributed by atoms with van der Waals surface area (Å²) in [4.78, 5) is 34.9. The van der Waals surface area contributed by atoms with E-state index in [2.05, 4.69) is 10.1 Å². The summed E-state index contributed by atoms with van der Waals surface area (Å²) in [6.07, 6.45) is 1.19. The molecule has 8 heteroatoms. The number of nitrogens with zero attached hydrogens (tertiary/aromatic N) is 1. The average Bonchev–Trinajstić information content (AvgIpc) is 2.45. The maximum atomic E-state index is 11.8. The molecule has 0 aromatic rings. The van der Waals surface area contributed by atoms with E-state index in [1.54, 1.807) is 4.90 Å². The number of likely N-dealkylation sites (tertiary alicyclic amines) is 1. The molecule has 1 heterocycles. The van der Waals surface area contributed by atoms with Crippen LogP contribution in [0.2, 0.25) is 0 Å². The fourth-order valence-electron chi connectivity index (χ4n) is 1.99. The lowest BCUT2D eigenvalue weighted by atomic mass is 9.97. The number of piperidine rings is 1. The van der Waals surface area contributed by atoms with Crippen LogP contribution < -0.4 is 5.32 Å². The van der Waals surface area contributed by atoms with Gasteiger partial charge in [0.2, 0.25) is 0 Å². The number of aliphatic carboxylic acids is 1. The van der Waals surface area contributed by atoms with Gasteiger partial charge in [-0.25, -0.2) is 9.59 Å². The highest BCUT2D eigenvalue weighted by atomic mass is 16.5. The summed E-state index contributed by atoms with van der Waals surface area (Å²) in [6, 6.07) is -0.229. The van der Waals surface area contributed by atoms with Gasteiger partial charge in [-0.2, -0.15) is 0 Å². The molecule has 20 heavy (non-hydrogen) atoms. The molecule has 1 rings (SSSR count). The van der Waals surface area contributed by atoms with E-state index in [1.807, 2.05) is 0 Å². The summed E-state index contributed by atoms with van der Waals surface area (Å²) in [5, 5.41) is 11.0. The molecule has 0 bridgehead atoms. The number of hydrogen-bond donors (Lipinski definition) is 2. The number of methoxy groups -OCH3 is 1. The minimum atomic E-state index is -1.04. The Kier molecular flexibility index (Phi) is 6.78. The van der Waals surface area contributed by atoms with Crippen molar-refractivity contribution >= 4 is 18.0 Å². The van der Waals surface area contributed by atoms with Crippen LogP contribution in [0.15, 0.2) is 0 Å². The number of carbonyl (C=O) groups excluding carboxylic acids is 2. The van der Waals surface area contributed by atoms with Crippen molar-refractivity contribution in [2.75, 3.05) is 40.0 Å². The fraction of sp³-hybridized carbons (Fsp3) is 0.750. The number of rotatable bonds is 6. The Morgan fingerprint density at radius 3 is 2.50 bits per heavy atom. The Morgan fingerprint density at radius 1 is 1.30 bits per heavy atom. The first-order valence-corrected chi connectivity index (χ1v) is 6.44. The predicted molar refractivity (Wildman–Crippen MR) is 68.2 cm³/mol. The third kappa shape index (κ3) is 5.43. The third-order valence-electron chi connectivity index (χ3n) is 3.06. The topological polar surface area (TPSA) is 105 Å². The molecule has 8 nitrogen and oxygen atoms in total. The number of ether oxygens (including phenoxy) is 2. The molecule has 114 valence electrons.